The first kappa shape index (κ1) is 23.9. The van der Waals surface area contributed by atoms with E-state index in [-0.39, 0.29) is 36.5 Å². The molecule has 1 aromatic rings. The Labute approximate surface area is 197 Å². The lowest BCUT2D eigenvalue weighted by atomic mass is 9.98. The molecule has 2 saturated heterocycles. The summed E-state index contributed by atoms with van der Waals surface area (Å²) in [7, 11) is 1.65. The van der Waals surface area contributed by atoms with Crippen LogP contribution in [0.4, 0.5) is 0 Å². The second-order valence-electron chi connectivity index (χ2n) is 9.94. The van der Waals surface area contributed by atoms with E-state index in [0.29, 0.717) is 19.0 Å². The lowest BCUT2D eigenvalue weighted by Crippen LogP contribution is -2.53. The summed E-state index contributed by atoms with van der Waals surface area (Å²) in [6.07, 6.45) is 8.79. The van der Waals surface area contributed by atoms with Gasteiger partial charge in [-0.15, -0.1) is 0 Å². The van der Waals surface area contributed by atoms with Gasteiger partial charge in [0.1, 0.15) is 0 Å². The number of nitrogens with zero attached hydrogens (tertiary/aromatic N) is 2. The molecule has 7 heteroatoms. The fourth-order valence-electron chi connectivity index (χ4n) is 5.60. The summed E-state index contributed by atoms with van der Waals surface area (Å²) >= 11 is 0. The predicted molar refractivity (Wildman–Crippen MR) is 127 cm³/mol. The molecule has 2 heterocycles. The Morgan fingerprint density at radius 3 is 2.64 bits per heavy atom. The van der Waals surface area contributed by atoms with Crippen LogP contribution < -0.4 is 14.8 Å². The first-order chi connectivity index (χ1) is 15.9. The van der Waals surface area contributed by atoms with Gasteiger partial charge in [-0.05, 0) is 70.1 Å². The van der Waals surface area contributed by atoms with E-state index in [0.717, 1.165) is 36.4 Å². The number of carbonyl (C=O) groups excluding carboxylic acids is 2. The SMILES string of the molecule is COc1ccc(C2CC(=O)N(CC(=O)NC(C)N3CCCCC3C)C2)cc1OC1CCCC1. The molecule has 0 spiro atoms. The average molecular weight is 458 g/mol. The van der Waals surface area contributed by atoms with Gasteiger partial charge in [0, 0.05) is 31.5 Å². The van der Waals surface area contributed by atoms with Gasteiger partial charge in [0.25, 0.3) is 0 Å². The molecule has 0 radical (unpaired) electrons. The number of ether oxygens (including phenoxy) is 2. The Hall–Kier alpha value is -2.28. The third-order valence-corrected chi connectivity index (χ3v) is 7.53. The summed E-state index contributed by atoms with van der Waals surface area (Å²) in [5.74, 6) is 1.49. The van der Waals surface area contributed by atoms with Crippen LogP contribution in [-0.4, -0.2) is 66.7 Å². The van der Waals surface area contributed by atoms with Crippen molar-refractivity contribution in [3.63, 3.8) is 0 Å². The summed E-state index contributed by atoms with van der Waals surface area (Å²) < 4.78 is 11.7. The van der Waals surface area contributed by atoms with Gasteiger partial charge in [-0.3, -0.25) is 14.5 Å². The number of nitrogens with one attached hydrogen (secondary N) is 1. The zero-order valence-electron chi connectivity index (χ0n) is 20.3. The predicted octanol–water partition coefficient (Wildman–Crippen LogP) is 3.67. The molecule has 3 aliphatic rings. The van der Waals surface area contributed by atoms with Crippen molar-refractivity contribution in [3.05, 3.63) is 23.8 Å². The Bertz CT molecular complexity index is 839. The van der Waals surface area contributed by atoms with Crippen molar-refractivity contribution in [1.29, 1.82) is 0 Å². The van der Waals surface area contributed by atoms with E-state index in [1.807, 2.05) is 25.1 Å². The molecule has 1 saturated carbocycles. The number of amides is 2. The zero-order chi connectivity index (χ0) is 23.4. The molecule has 0 aromatic heterocycles. The van der Waals surface area contributed by atoms with E-state index in [4.69, 9.17) is 9.47 Å². The smallest absolute Gasteiger partial charge is 0.240 e. The second-order valence-corrected chi connectivity index (χ2v) is 9.94. The first-order valence-corrected chi connectivity index (χ1v) is 12.6. The summed E-state index contributed by atoms with van der Waals surface area (Å²) in [5, 5.41) is 3.10. The molecule has 182 valence electrons. The maximum absolute atomic E-state index is 12.7. The van der Waals surface area contributed by atoms with Crippen molar-refractivity contribution in [3.8, 4) is 11.5 Å². The van der Waals surface area contributed by atoms with Crippen LogP contribution >= 0.6 is 0 Å². The number of rotatable bonds is 8. The number of likely N-dealkylation sites (tertiary alicyclic amines) is 2. The summed E-state index contributed by atoms with van der Waals surface area (Å²) in [6, 6.07) is 6.45. The summed E-state index contributed by atoms with van der Waals surface area (Å²) in [5.41, 5.74) is 1.07. The number of piperidine rings is 1. The summed E-state index contributed by atoms with van der Waals surface area (Å²) in [4.78, 5) is 29.4. The van der Waals surface area contributed by atoms with E-state index in [2.05, 4.69) is 17.1 Å². The van der Waals surface area contributed by atoms with Crippen LogP contribution in [0.2, 0.25) is 0 Å². The van der Waals surface area contributed by atoms with Gasteiger partial charge in [-0.25, -0.2) is 0 Å². The second kappa shape index (κ2) is 10.8. The Kier molecular flexibility index (Phi) is 7.78. The van der Waals surface area contributed by atoms with Crippen LogP contribution in [0.15, 0.2) is 18.2 Å². The number of hydrogen-bond donors (Lipinski definition) is 1. The van der Waals surface area contributed by atoms with Gasteiger partial charge in [0.05, 0.1) is 25.9 Å². The normalized spacial score (nSPS) is 25.3. The average Bonchev–Trinajstić information content (AvgIpc) is 3.43. The zero-order valence-corrected chi connectivity index (χ0v) is 20.3. The molecule has 4 rings (SSSR count). The van der Waals surface area contributed by atoms with Gasteiger partial charge in [0.2, 0.25) is 11.8 Å². The Morgan fingerprint density at radius 2 is 1.91 bits per heavy atom. The first-order valence-electron chi connectivity index (χ1n) is 12.6. The standard InChI is InChI=1S/C26H39N3O4/c1-18-8-6-7-13-29(18)19(2)27-25(30)17-28-16-21(15-26(28)31)20-11-12-23(32-3)24(14-20)33-22-9-4-5-10-22/h11-12,14,18-19,21-22H,4-10,13,15-17H2,1-3H3,(H,27,30). The van der Waals surface area contributed by atoms with Crippen molar-refractivity contribution < 1.29 is 19.1 Å². The van der Waals surface area contributed by atoms with Gasteiger partial charge >= 0.3 is 0 Å². The molecule has 2 amide bonds. The van der Waals surface area contributed by atoms with E-state index >= 15 is 0 Å². The van der Waals surface area contributed by atoms with Gasteiger partial charge in [0.15, 0.2) is 11.5 Å². The maximum atomic E-state index is 12.7. The number of benzene rings is 1. The lowest BCUT2D eigenvalue weighted by Gasteiger charge is -2.38. The lowest BCUT2D eigenvalue weighted by molar-refractivity contribution is -0.134. The monoisotopic (exact) mass is 457 g/mol. The van der Waals surface area contributed by atoms with Crippen LogP contribution in [0.25, 0.3) is 0 Å². The molecule has 2 aliphatic heterocycles. The molecule has 1 aromatic carbocycles. The minimum Gasteiger partial charge on any atom is -0.493 e. The molecule has 3 unspecified atom stereocenters. The quantitative estimate of drug-likeness (QED) is 0.645. The van der Waals surface area contributed by atoms with E-state index in [1.165, 1.54) is 32.1 Å². The molecule has 1 aliphatic carbocycles. The van der Waals surface area contributed by atoms with Crippen molar-refractivity contribution in [2.75, 3.05) is 26.7 Å². The topological polar surface area (TPSA) is 71.1 Å². The van der Waals surface area contributed by atoms with Crippen molar-refractivity contribution >= 4 is 11.8 Å². The molecular weight excluding hydrogens is 418 g/mol. The number of methoxy groups -OCH3 is 1. The highest BCUT2D eigenvalue weighted by Crippen LogP contribution is 2.37. The van der Waals surface area contributed by atoms with Crippen molar-refractivity contribution in [1.82, 2.24) is 15.1 Å². The Morgan fingerprint density at radius 1 is 1.15 bits per heavy atom. The number of carbonyl (C=O) groups is 2. The van der Waals surface area contributed by atoms with Crippen molar-refractivity contribution in [2.24, 2.45) is 0 Å². The molecular formula is C26H39N3O4. The molecule has 1 N–H and O–H groups in total. The van der Waals surface area contributed by atoms with Gasteiger partial charge in [-0.1, -0.05) is 12.5 Å². The fraction of sp³-hybridized carbons (Fsp3) is 0.692. The molecule has 33 heavy (non-hydrogen) atoms. The minimum atomic E-state index is -0.0886. The fourth-order valence-corrected chi connectivity index (χ4v) is 5.60. The highest BCUT2D eigenvalue weighted by atomic mass is 16.5. The molecule has 3 atom stereocenters. The highest BCUT2D eigenvalue weighted by Gasteiger charge is 2.33. The van der Waals surface area contributed by atoms with Crippen LogP contribution in [0.1, 0.15) is 76.7 Å². The third-order valence-electron chi connectivity index (χ3n) is 7.53. The molecule has 3 fully saturated rings. The Balaban J connectivity index is 1.35. The molecule has 0 bridgehead atoms. The van der Waals surface area contributed by atoms with Gasteiger partial charge < -0.3 is 19.7 Å². The van der Waals surface area contributed by atoms with Crippen LogP contribution in [0.5, 0.6) is 11.5 Å². The van der Waals surface area contributed by atoms with E-state index in [9.17, 15) is 9.59 Å². The van der Waals surface area contributed by atoms with Crippen molar-refractivity contribution in [2.45, 2.75) is 89.4 Å². The van der Waals surface area contributed by atoms with Gasteiger partial charge in [-0.2, -0.15) is 0 Å². The van der Waals surface area contributed by atoms with Crippen LogP contribution in [-0.2, 0) is 9.59 Å². The van der Waals surface area contributed by atoms with Crippen LogP contribution in [0.3, 0.4) is 0 Å². The maximum Gasteiger partial charge on any atom is 0.240 e. The summed E-state index contributed by atoms with van der Waals surface area (Å²) in [6.45, 7) is 5.93. The largest absolute Gasteiger partial charge is 0.493 e. The molecule has 7 nitrogen and oxygen atoms in total. The van der Waals surface area contributed by atoms with Crippen LogP contribution in [0, 0.1) is 0 Å². The van der Waals surface area contributed by atoms with E-state index < -0.39 is 0 Å². The van der Waals surface area contributed by atoms with E-state index in [1.54, 1.807) is 12.0 Å². The third kappa shape index (κ3) is 5.81. The minimum absolute atomic E-state index is 0.0156. The highest BCUT2D eigenvalue weighted by molar-refractivity contribution is 5.86. The number of hydrogen-bond acceptors (Lipinski definition) is 5.